The Kier molecular flexibility index (Phi) is 6.35. The van der Waals surface area contributed by atoms with Gasteiger partial charge in [-0.1, -0.05) is 0 Å². The summed E-state index contributed by atoms with van der Waals surface area (Å²) >= 11 is 0. The lowest BCUT2D eigenvalue weighted by atomic mass is 9.93. The van der Waals surface area contributed by atoms with Gasteiger partial charge in [-0.3, -0.25) is 4.79 Å². The molecular weight excluding hydrogens is 230 g/mol. The highest BCUT2D eigenvalue weighted by molar-refractivity contribution is 6.29. The summed E-state index contributed by atoms with van der Waals surface area (Å²) in [5.74, 6) is 5.68. The average molecular weight is 253 g/mol. The third kappa shape index (κ3) is 5.27. The largest absolute Gasteiger partial charge is 0.356 e. The van der Waals surface area contributed by atoms with Gasteiger partial charge in [-0.2, -0.15) is 5.10 Å². The molecule has 1 fully saturated rings. The van der Waals surface area contributed by atoms with Gasteiger partial charge in [-0.15, -0.1) is 0 Å². The van der Waals surface area contributed by atoms with Gasteiger partial charge in [0.25, 0.3) is 0 Å². The first-order valence-corrected chi connectivity index (χ1v) is 6.38. The molecule has 4 N–H and O–H groups in total. The van der Waals surface area contributed by atoms with Gasteiger partial charge in [0.05, 0.1) is 5.71 Å². The monoisotopic (exact) mass is 253 g/mol. The fourth-order valence-electron chi connectivity index (χ4n) is 2.10. The van der Waals surface area contributed by atoms with Crippen LogP contribution in [-0.2, 0) is 4.79 Å². The minimum absolute atomic E-state index is 0.0888. The fourth-order valence-corrected chi connectivity index (χ4v) is 2.10. The van der Waals surface area contributed by atoms with Crippen LogP contribution in [0.2, 0.25) is 0 Å². The number of likely N-dealkylation sites (tertiary alicyclic amines) is 1. The second-order valence-electron chi connectivity index (χ2n) is 4.82. The summed E-state index contributed by atoms with van der Waals surface area (Å²) in [5.41, 5.74) is 0.495. The quantitative estimate of drug-likeness (QED) is 0.358. The summed E-state index contributed by atoms with van der Waals surface area (Å²) in [4.78, 5) is 14.0. The number of nitrogens with one attached hydrogen (secondary N) is 2. The summed E-state index contributed by atoms with van der Waals surface area (Å²) in [6, 6.07) is 0. The Morgan fingerprint density at radius 1 is 1.56 bits per heavy atom. The van der Waals surface area contributed by atoms with E-state index in [0.29, 0.717) is 31.0 Å². The number of amides is 1. The van der Waals surface area contributed by atoms with Gasteiger partial charge >= 0.3 is 0 Å². The maximum Gasteiger partial charge on any atom is 0.220 e. The number of nitrogens with two attached hydrogens (primary N) is 1. The number of hydrogen-bond donors (Lipinski definition) is 3. The number of carbonyl (C=O) groups is 1. The molecule has 0 aromatic rings. The Labute approximate surface area is 108 Å². The van der Waals surface area contributed by atoms with Crippen LogP contribution in [0.1, 0.15) is 25.7 Å². The van der Waals surface area contributed by atoms with E-state index in [4.69, 9.17) is 11.3 Å². The van der Waals surface area contributed by atoms with E-state index in [9.17, 15) is 4.79 Å². The highest BCUT2D eigenvalue weighted by atomic mass is 16.1. The Balaban J connectivity index is 2.16. The van der Waals surface area contributed by atoms with Crippen LogP contribution in [0, 0.1) is 11.3 Å². The maximum atomic E-state index is 11.7. The van der Waals surface area contributed by atoms with Crippen molar-refractivity contribution < 1.29 is 4.79 Å². The Bertz CT molecular complexity index is 308. The van der Waals surface area contributed by atoms with Crippen molar-refractivity contribution in [2.24, 2.45) is 16.9 Å². The van der Waals surface area contributed by atoms with Crippen LogP contribution >= 0.6 is 0 Å². The van der Waals surface area contributed by atoms with Gasteiger partial charge in [0, 0.05) is 25.6 Å². The molecule has 18 heavy (non-hydrogen) atoms. The van der Waals surface area contributed by atoms with Gasteiger partial charge in [0.1, 0.15) is 0 Å². The van der Waals surface area contributed by atoms with Crippen molar-refractivity contribution in [1.29, 1.82) is 5.41 Å². The number of piperidine rings is 1. The molecule has 0 aliphatic carbocycles. The Hall–Kier alpha value is -1.43. The molecule has 1 amide bonds. The zero-order valence-electron chi connectivity index (χ0n) is 11.0. The summed E-state index contributed by atoms with van der Waals surface area (Å²) in [6.45, 7) is 2.66. The van der Waals surface area contributed by atoms with Crippen molar-refractivity contribution in [2.75, 3.05) is 26.7 Å². The van der Waals surface area contributed by atoms with Gasteiger partial charge in [0.15, 0.2) is 0 Å². The Morgan fingerprint density at radius 2 is 2.22 bits per heavy atom. The normalized spacial score (nSPS) is 18.6. The van der Waals surface area contributed by atoms with Gasteiger partial charge in [-0.05, 0) is 38.9 Å². The Morgan fingerprint density at radius 3 is 2.78 bits per heavy atom. The summed E-state index contributed by atoms with van der Waals surface area (Å²) in [7, 11) is 2.11. The van der Waals surface area contributed by atoms with Crippen LogP contribution in [0.3, 0.4) is 0 Å². The van der Waals surface area contributed by atoms with Crippen molar-refractivity contribution >= 4 is 17.8 Å². The molecule has 0 radical (unpaired) electrons. The molecule has 1 saturated heterocycles. The highest BCUT2D eigenvalue weighted by Crippen LogP contribution is 2.19. The van der Waals surface area contributed by atoms with Gasteiger partial charge in [0.2, 0.25) is 5.91 Å². The first kappa shape index (κ1) is 14.6. The lowest BCUT2D eigenvalue weighted by molar-refractivity contribution is -0.122. The molecule has 0 aromatic carbocycles. The van der Waals surface area contributed by atoms with E-state index < -0.39 is 0 Å². The van der Waals surface area contributed by atoms with Crippen molar-refractivity contribution in [1.82, 2.24) is 10.2 Å². The summed E-state index contributed by atoms with van der Waals surface area (Å²) in [5, 5.41) is 13.3. The third-order valence-electron chi connectivity index (χ3n) is 3.35. The van der Waals surface area contributed by atoms with Crippen LogP contribution in [0.4, 0.5) is 0 Å². The van der Waals surface area contributed by atoms with E-state index in [0.717, 1.165) is 32.1 Å². The number of hydrazone groups is 1. The number of carbonyl (C=O) groups excluding carboxylic acids is 1. The molecule has 0 spiro atoms. The molecule has 0 saturated carbocycles. The molecule has 1 aliphatic heterocycles. The number of nitrogens with zero attached hydrogens (tertiary/aromatic N) is 2. The topological polar surface area (TPSA) is 94.6 Å². The molecular formula is C12H23N5O. The zero-order valence-corrected chi connectivity index (χ0v) is 11.0. The summed E-state index contributed by atoms with van der Waals surface area (Å²) in [6.07, 6.45) is 4.43. The van der Waals surface area contributed by atoms with Crippen molar-refractivity contribution in [3.63, 3.8) is 0 Å². The SMILES string of the molecule is CN1CCC(CC(=O)NCCC(C=N)=NN)CC1. The van der Waals surface area contributed by atoms with E-state index >= 15 is 0 Å². The first-order chi connectivity index (χ1) is 8.65. The van der Waals surface area contributed by atoms with Crippen LogP contribution < -0.4 is 11.2 Å². The van der Waals surface area contributed by atoms with E-state index in [-0.39, 0.29) is 5.91 Å². The molecule has 0 aromatic heterocycles. The number of rotatable bonds is 6. The predicted molar refractivity (Wildman–Crippen MR) is 72.9 cm³/mol. The molecule has 1 rings (SSSR count). The second kappa shape index (κ2) is 7.81. The molecule has 1 heterocycles. The van der Waals surface area contributed by atoms with Gasteiger partial charge < -0.3 is 21.5 Å². The first-order valence-electron chi connectivity index (χ1n) is 6.38. The maximum absolute atomic E-state index is 11.7. The molecule has 0 bridgehead atoms. The molecule has 102 valence electrons. The van der Waals surface area contributed by atoms with E-state index in [1.165, 1.54) is 0 Å². The molecule has 0 atom stereocenters. The molecule has 1 aliphatic rings. The van der Waals surface area contributed by atoms with Crippen LogP contribution in [0.25, 0.3) is 0 Å². The minimum atomic E-state index is 0.0888. The predicted octanol–water partition coefficient (Wildman–Crippen LogP) is 0.189. The van der Waals surface area contributed by atoms with Crippen molar-refractivity contribution in [3.05, 3.63) is 0 Å². The molecule has 0 unspecified atom stereocenters. The third-order valence-corrected chi connectivity index (χ3v) is 3.35. The second-order valence-corrected chi connectivity index (χ2v) is 4.82. The molecule has 6 nitrogen and oxygen atoms in total. The standard InChI is InChI=1S/C12H23N5O/c1-17-6-3-10(4-7-17)8-12(18)15-5-2-11(9-13)16-14/h9-10,13H,2-8,14H2,1H3,(H,15,18). The zero-order chi connectivity index (χ0) is 13.4. The average Bonchev–Trinajstić information content (AvgIpc) is 2.37. The van der Waals surface area contributed by atoms with Gasteiger partial charge in [-0.25, -0.2) is 0 Å². The van der Waals surface area contributed by atoms with Crippen LogP contribution in [0.5, 0.6) is 0 Å². The lowest BCUT2D eigenvalue weighted by Crippen LogP contribution is -2.34. The summed E-state index contributed by atoms with van der Waals surface area (Å²) < 4.78 is 0. The number of hydrogen-bond acceptors (Lipinski definition) is 5. The van der Waals surface area contributed by atoms with E-state index in [2.05, 4.69) is 22.4 Å². The fraction of sp³-hybridized carbons (Fsp3) is 0.750. The van der Waals surface area contributed by atoms with Crippen LogP contribution in [0.15, 0.2) is 5.10 Å². The smallest absolute Gasteiger partial charge is 0.220 e. The minimum Gasteiger partial charge on any atom is -0.356 e. The lowest BCUT2D eigenvalue weighted by Gasteiger charge is -2.28. The van der Waals surface area contributed by atoms with Crippen molar-refractivity contribution in [2.45, 2.75) is 25.7 Å². The molecule has 6 heteroatoms. The highest BCUT2D eigenvalue weighted by Gasteiger charge is 2.19. The van der Waals surface area contributed by atoms with Crippen LogP contribution in [-0.4, -0.2) is 49.4 Å². The van der Waals surface area contributed by atoms with Crippen molar-refractivity contribution in [3.8, 4) is 0 Å². The van der Waals surface area contributed by atoms with E-state index in [1.54, 1.807) is 0 Å². The van der Waals surface area contributed by atoms with E-state index in [1.807, 2.05) is 0 Å².